The van der Waals surface area contributed by atoms with Gasteiger partial charge >= 0.3 is 0 Å². The Balaban J connectivity index is 0.000000171. The summed E-state index contributed by atoms with van der Waals surface area (Å²) in [6.07, 6.45) is 18.7. The number of rotatable bonds is 10. The van der Waals surface area contributed by atoms with Gasteiger partial charge in [0.25, 0.3) is 11.1 Å². The van der Waals surface area contributed by atoms with Crippen LogP contribution in [0.3, 0.4) is 0 Å². The van der Waals surface area contributed by atoms with Crippen LogP contribution in [0.25, 0.3) is 66.1 Å². The largest absolute Gasteiger partial charge is 0.493 e. The smallest absolute Gasteiger partial charge is 0.274 e. The van der Waals surface area contributed by atoms with Crippen LogP contribution in [0.1, 0.15) is 55.2 Å². The number of H-pyrrole nitrogens is 2. The van der Waals surface area contributed by atoms with Crippen molar-refractivity contribution in [2.75, 3.05) is 13.2 Å². The number of nitrogens with one attached hydrogen (secondary N) is 2. The van der Waals surface area contributed by atoms with Crippen LogP contribution in [-0.2, 0) is 27.2 Å². The molecule has 2 aromatic carbocycles. The zero-order valence-electron chi connectivity index (χ0n) is 32.5. The quantitative estimate of drug-likeness (QED) is 0.144. The van der Waals surface area contributed by atoms with Gasteiger partial charge in [-0.15, -0.1) is 0 Å². The number of pyridine rings is 2. The van der Waals surface area contributed by atoms with Gasteiger partial charge in [0, 0.05) is 100.0 Å². The normalized spacial score (nSPS) is 14.6. The molecule has 6 heterocycles. The predicted octanol–water partition coefficient (Wildman–Crippen LogP) is 8.66. The fourth-order valence-corrected chi connectivity index (χ4v) is 8.04. The van der Waals surface area contributed by atoms with Crippen molar-refractivity contribution >= 4 is 43.9 Å². The van der Waals surface area contributed by atoms with Gasteiger partial charge in [-0.2, -0.15) is 0 Å². The van der Waals surface area contributed by atoms with Crippen LogP contribution in [0, 0.1) is 11.8 Å². The van der Waals surface area contributed by atoms with E-state index in [9.17, 15) is 9.59 Å². The highest BCUT2D eigenvalue weighted by molar-refractivity contribution is 5.99. The summed E-state index contributed by atoms with van der Waals surface area (Å²) < 4.78 is 20.1. The van der Waals surface area contributed by atoms with E-state index in [2.05, 4.69) is 61.1 Å². The highest BCUT2D eigenvalue weighted by atomic mass is 16.5. The first kappa shape index (κ1) is 35.6. The Morgan fingerprint density at radius 2 is 1.12 bits per heavy atom. The molecule has 12 heteroatoms. The number of imidazole rings is 2. The van der Waals surface area contributed by atoms with Crippen molar-refractivity contribution < 1.29 is 12.3 Å². The van der Waals surface area contributed by atoms with Crippen LogP contribution in [0.4, 0.5) is 0 Å². The Labute approximate surface area is 326 Å². The zero-order chi connectivity index (χ0) is 38.5. The van der Waals surface area contributed by atoms with Gasteiger partial charge in [0.15, 0.2) is 0 Å². The molecule has 56 heavy (non-hydrogen) atoms. The minimum absolute atomic E-state index is 0. The third-order valence-corrected chi connectivity index (χ3v) is 11.9. The van der Waals surface area contributed by atoms with Gasteiger partial charge in [-0.3, -0.25) is 9.59 Å². The summed E-state index contributed by atoms with van der Waals surface area (Å²) in [6, 6.07) is 12.3. The number of aryl methyl sites for hydroxylation is 4. The molecule has 2 aliphatic carbocycles. The van der Waals surface area contributed by atoms with Crippen molar-refractivity contribution in [3.63, 3.8) is 0 Å². The molecule has 0 aliphatic heterocycles. The molecule has 0 spiro atoms. The minimum Gasteiger partial charge on any atom is -0.493 e. The number of hydrogen-bond donors (Lipinski definition) is 2. The van der Waals surface area contributed by atoms with Gasteiger partial charge in [-0.1, -0.05) is 12.8 Å². The predicted molar refractivity (Wildman–Crippen MR) is 226 cm³/mol. The number of benzene rings is 2. The Hall–Kier alpha value is -6.04. The van der Waals surface area contributed by atoms with Crippen molar-refractivity contribution in [2.24, 2.45) is 25.9 Å². The average Bonchev–Trinajstić information content (AvgIpc) is 3.99. The lowest BCUT2D eigenvalue weighted by molar-refractivity contribution is 0.181. The molecule has 2 fully saturated rings. The summed E-state index contributed by atoms with van der Waals surface area (Å²) >= 11 is 0. The molecule has 0 saturated heterocycles. The molecular formula is C44H52N8O4. The zero-order valence-corrected chi connectivity index (χ0v) is 32.5. The molecule has 2 aliphatic rings. The first-order valence-corrected chi connectivity index (χ1v) is 19.9. The van der Waals surface area contributed by atoms with Crippen molar-refractivity contribution in [1.82, 2.24) is 38.2 Å². The van der Waals surface area contributed by atoms with Crippen LogP contribution >= 0.6 is 0 Å². The van der Waals surface area contributed by atoms with Crippen LogP contribution < -0.4 is 20.6 Å². The summed E-state index contributed by atoms with van der Waals surface area (Å²) in [6.45, 7) is 7.40. The summed E-state index contributed by atoms with van der Waals surface area (Å²) in [5, 5.41) is 1.82. The lowest BCUT2D eigenvalue weighted by atomic mass is 9.86. The molecular weight excluding hydrogens is 705 g/mol. The number of nitrogens with zero attached hydrogens (tertiary/aromatic N) is 6. The third kappa shape index (κ3) is 6.26. The van der Waals surface area contributed by atoms with E-state index in [0.717, 1.165) is 92.9 Å². The molecule has 10 rings (SSSR count). The highest BCUT2D eigenvalue weighted by Crippen LogP contribution is 2.40. The fourth-order valence-electron chi connectivity index (χ4n) is 8.04. The number of fused-ring (bicyclic) bond motifs is 4. The molecule has 0 radical (unpaired) electrons. The lowest BCUT2D eigenvalue weighted by Gasteiger charge is -2.26. The van der Waals surface area contributed by atoms with E-state index in [1.165, 1.54) is 38.5 Å². The van der Waals surface area contributed by atoms with Crippen LogP contribution in [0.2, 0.25) is 0 Å². The van der Waals surface area contributed by atoms with Gasteiger partial charge in [-0.05, 0) is 75.6 Å². The molecule has 2 N–H and O–H groups in total. The number of aromatic nitrogens is 8. The number of ether oxygens (including phenoxy) is 2. The molecule has 12 nitrogen and oxygen atoms in total. The van der Waals surface area contributed by atoms with Crippen LogP contribution in [0.15, 0.2) is 83.4 Å². The Morgan fingerprint density at radius 1 is 0.661 bits per heavy atom. The second-order valence-electron chi connectivity index (χ2n) is 15.4. The van der Waals surface area contributed by atoms with Gasteiger partial charge in [0.05, 0.1) is 47.9 Å². The molecule has 6 aromatic heterocycles. The third-order valence-electron chi connectivity index (χ3n) is 11.9. The van der Waals surface area contributed by atoms with Crippen LogP contribution in [-0.4, -0.2) is 51.4 Å². The average molecular weight is 757 g/mol. The first-order valence-electron chi connectivity index (χ1n) is 19.9. The molecule has 0 unspecified atom stereocenters. The second-order valence-corrected chi connectivity index (χ2v) is 15.4. The molecule has 0 bridgehead atoms. The summed E-state index contributed by atoms with van der Waals surface area (Å²) in [4.78, 5) is 40.2. The molecule has 0 amide bonds. The van der Waals surface area contributed by atoms with Crippen molar-refractivity contribution in [1.29, 1.82) is 0 Å². The fraction of sp³-hybridized carbons (Fsp3) is 0.364. The first-order chi connectivity index (χ1) is 27.3. The maximum Gasteiger partial charge on any atom is 0.274 e. The Bertz CT molecular complexity index is 2850. The van der Waals surface area contributed by atoms with Crippen molar-refractivity contribution in [3.05, 3.63) is 94.5 Å². The molecule has 292 valence electrons. The SMILES string of the molecule is CCn1cnc2cc(-c3cn(C)c(=O)c4[nH]ccc34)c(OCC3CCC3)cc21.CCn1cnc2cc(OCC3CCC3)c(-c3cn(C)c(=O)c4[nH]ccc34)cc21.[HH].[HH]. The molecule has 0 atom stereocenters. The summed E-state index contributed by atoms with van der Waals surface area (Å²) in [5.41, 5.74) is 9.15. The van der Waals surface area contributed by atoms with E-state index in [1.54, 1.807) is 23.2 Å². The summed E-state index contributed by atoms with van der Waals surface area (Å²) in [5.74, 6) is 2.98. The summed E-state index contributed by atoms with van der Waals surface area (Å²) in [7, 11) is 3.57. The minimum atomic E-state index is -0.0305. The van der Waals surface area contributed by atoms with Crippen molar-refractivity contribution in [2.45, 2.75) is 65.5 Å². The van der Waals surface area contributed by atoms with E-state index in [4.69, 9.17) is 9.47 Å². The van der Waals surface area contributed by atoms with E-state index in [-0.39, 0.29) is 14.0 Å². The Kier molecular flexibility index (Phi) is 9.27. The standard InChI is InChI=1S/2C22H24N4O2.2H2/c1-3-26-13-24-18-10-20(28-12-14-5-4-6-14)16(9-19(18)26)17-11-25(2)22(27)21-15(17)7-8-23-21;1-3-26-13-24-18-9-16(20(10-19(18)26)28-12-14-5-4-6-14)17-11-25(2)22(27)21-15(17)7-8-23-21;;/h2*7-11,13-14,23H,3-6,12H2,1-2H3;2*1H. The van der Waals surface area contributed by atoms with E-state index < -0.39 is 0 Å². The van der Waals surface area contributed by atoms with Crippen LogP contribution in [0.5, 0.6) is 11.5 Å². The maximum atomic E-state index is 12.5. The number of hydrogen-bond acceptors (Lipinski definition) is 6. The van der Waals surface area contributed by atoms with E-state index in [0.29, 0.717) is 22.9 Å². The van der Waals surface area contributed by atoms with Gasteiger partial charge in [-0.25, -0.2) is 9.97 Å². The monoisotopic (exact) mass is 756 g/mol. The highest BCUT2D eigenvalue weighted by Gasteiger charge is 2.23. The van der Waals surface area contributed by atoms with Crippen molar-refractivity contribution in [3.8, 4) is 33.8 Å². The van der Waals surface area contributed by atoms with E-state index >= 15 is 0 Å². The molecule has 8 aromatic rings. The number of aromatic amines is 2. The van der Waals surface area contributed by atoms with Gasteiger partial charge < -0.3 is 37.7 Å². The van der Waals surface area contributed by atoms with Gasteiger partial charge in [0.1, 0.15) is 22.5 Å². The Morgan fingerprint density at radius 3 is 1.61 bits per heavy atom. The topological polar surface area (TPSA) is 130 Å². The second kappa shape index (κ2) is 14.6. The lowest BCUT2D eigenvalue weighted by Crippen LogP contribution is -2.19. The molecule has 2 saturated carbocycles. The van der Waals surface area contributed by atoms with E-state index in [1.807, 2.05) is 55.6 Å². The maximum absolute atomic E-state index is 12.5. The van der Waals surface area contributed by atoms with Gasteiger partial charge in [0.2, 0.25) is 0 Å².